The number of carbonyl (C=O) groups excluding carboxylic acids is 4. The molecule has 0 radical (unpaired) electrons. The van der Waals surface area contributed by atoms with Crippen molar-refractivity contribution in [3.05, 3.63) is 69.6 Å². The van der Waals surface area contributed by atoms with E-state index in [-0.39, 0.29) is 11.3 Å². The van der Waals surface area contributed by atoms with Crippen molar-refractivity contribution in [3.63, 3.8) is 0 Å². The molecule has 0 aliphatic carbocycles. The van der Waals surface area contributed by atoms with Gasteiger partial charge in [0.05, 0.1) is 17.0 Å². The molecule has 1 unspecified atom stereocenters. The Morgan fingerprint density at radius 2 is 1.66 bits per heavy atom. The summed E-state index contributed by atoms with van der Waals surface area (Å²) in [6.45, 7) is 1.90. The third-order valence-corrected chi connectivity index (χ3v) is 5.85. The Morgan fingerprint density at radius 3 is 2.31 bits per heavy atom. The monoisotopic (exact) mass is 426 g/mol. The molecule has 2 aromatic rings. The number of thioether (sulfide) groups is 1. The number of benzene rings is 2. The van der Waals surface area contributed by atoms with Crippen LogP contribution in [0.3, 0.4) is 0 Å². The summed E-state index contributed by atoms with van der Waals surface area (Å²) in [5, 5.41) is -0.00589. The van der Waals surface area contributed by atoms with Gasteiger partial charge < -0.3 is 0 Å². The number of hydrogen-bond acceptors (Lipinski definition) is 5. The van der Waals surface area contributed by atoms with Crippen molar-refractivity contribution >= 4 is 58.1 Å². The van der Waals surface area contributed by atoms with Gasteiger partial charge in [-0.25, -0.2) is 4.90 Å². The molecule has 0 spiro atoms. The van der Waals surface area contributed by atoms with Crippen LogP contribution in [0.1, 0.15) is 17.5 Å². The Labute approximate surface area is 176 Å². The maximum atomic E-state index is 12.9. The smallest absolute Gasteiger partial charge is 0.274 e. The molecule has 6 nitrogen and oxygen atoms in total. The van der Waals surface area contributed by atoms with E-state index in [4.69, 9.17) is 11.6 Å². The lowest BCUT2D eigenvalue weighted by Crippen LogP contribution is -2.44. The molecule has 2 fully saturated rings. The Bertz CT molecular complexity index is 1060. The lowest BCUT2D eigenvalue weighted by Gasteiger charge is -2.20. The molecule has 2 aliphatic rings. The Balaban J connectivity index is 1.59. The van der Waals surface area contributed by atoms with Gasteiger partial charge in [-0.2, -0.15) is 0 Å². The van der Waals surface area contributed by atoms with Crippen molar-refractivity contribution in [3.8, 4) is 0 Å². The summed E-state index contributed by atoms with van der Waals surface area (Å²) in [6.07, 6.45) is 1.35. The number of amides is 4. The highest BCUT2D eigenvalue weighted by atomic mass is 35.5. The van der Waals surface area contributed by atoms with E-state index in [0.717, 1.165) is 27.1 Å². The molecule has 0 N–H and O–H groups in total. The van der Waals surface area contributed by atoms with E-state index in [2.05, 4.69) is 0 Å². The molecular weight excluding hydrogens is 412 g/mol. The van der Waals surface area contributed by atoms with Crippen LogP contribution in [-0.2, 0) is 14.4 Å². The molecule has 2 heterocycles. The van der Waals surface area contributed by atoms with Crippen molar-refractivity contribution in [2.75, 3.05) is 4.90 Å². The minimum absolute atomic E-state index is 0.200. The summed E-state index contributed by atoms with van der Waals surface area (Å²) in [6, 6.07) is 12.6. The van der Waals surface area contributed by atoms with Gasteiger partial charge in [-0.15, -0.1) is 0 Å². The summed E-state index contributed by atoms with van der Waals surface area (Å²) < 4.78 is 0. The number of halogens is 1. The van der Waals surface area contributed by atoms with Crippen LogP contribution in [0.15, 0.2) is 53.4 Å². The van der Waals surface area contributed by atoms with Crippen LogP contribution in [0.25, 0.3) is 6.08 Å². The second-order valence-electron chi connectivity index (χ2n) is 6.73. The van der Waals surface area contributed by atoms with E-state index in [1.54, 1.807) is 54.6 Å². The SMILES string of the molecule is Cc1ccc(N2C(=O)CC(N3C(=O)S/C(=C/c4ccc(Cl)cc4)C3=O)C2=O)cc1. The standard InChI is InChI=1S/C21H15ClN2O4S/c1-12-2-8-15(9-3-12)23-18(25)11-16(19(23)26)24-20(27)17(29-21(24)28)10-13-4-6-14(22)7-5-13/h2-10,16H,11H2,1H3/b17-10+. The fourth-order valence-corrected chi connectivity index (χ4v) is 4.24. The van der Waals surface area contributed by atoms with Gasteiger partial charge in [0.15, 0.2) is 0 Å². The molecule has 1 atom stereocenters. The Hall–Kier alpha value is -2.90. The van der Waals surface area contributed by atoms with Gasteiger partial charge in [-0.1, -0.05) is 41.4 Å². The Morgan fingerprint density at radius 1 is 1.00 bits per heavy atom. The zero-order chi connectivity index (χ0) is 20.7. The van der Waals surface area contributed by atoms with Crippen LogP contribution >= 0.6 is 23.4 Å². The van der Waals surface area contributed by atoms with Crippen LogP contribution in [0.4, 0.5) is 10.5 Å². The number of nitrogens with zero attached hydrogens (tertiary/aromatic N) is 2. The maximum Gasteiger partial charge on any atom is 0.294 e. The molecule has 4 rings (SSSR count). The first-order valence-corrected chi connectivity index (χ1v) is 10.0. The van der Waals surface area contributed by atoms with E-state index in [9.17, 15) is 19.2 Å². The summed E-state index contributed by atoms with van der Waals surface area (Å²) >= 11 is 6.62. The summed E-state index contributed by atoms with van der Waals surface area (Å²) in [4.78, 5) is 52.8. The lowest BCUT2D eigenvalue weighted by atomic mass is 10.2. The van der Waals surface area contributed by atoms with Crippen LogP contribution in [-0.4, -0.2) is 33.9 Å². The lowest BCUT2D eigenvalue weighted by molar-refractivity contribution is -0.130. The van der Waals surface area contributed by atoms with Crippen molar-refractivity contribution in [2.45, 2.75) is 19.4 Å². The molecule has 2 aromatic carbocycles. The molecule has 2 saturated heterocycles. The van der Waals surface area contributed by atoms with E-state index < -0.39 is 29.0 Å². The highest BCUT2D eigenvalue weighted by Crippen LogP contribution is 2.37. The van der Waals surface area contributed by atoms with Crippen molar-refractivity contribution < 1.29 is 19.2 Å². The van der Waals surface area contributed by atoms with Crippen molar-refractivity contribution in [2.24, 2.45) is 0 Å². The van der Waals surface area contributed by atoms with Gasteiger partial charge in [-0.05, 0) is 54.6 Å². The topological polar surface area (TPSA) is 74.8 Å². The first-order valence-electron chi connectivity index (χ1n) is 8.81. The fourth-order valence-electron chi connectivity index (χ4n) is 3.24. The molecule has 146 valence electrons. The molecule has 29 heavy (non-hydrogen) atoms. The van der Waals surface area contributed by atoms with E-state index in [1.165, 1.54) is 0 Å². The van der Waals surface area contributed by atoms with Crippen molar-refractivity contribution in [1.29, 1.82) is 0 Å². The molecular formula is C21H15ClN2O4S. The fraction of sp³-hybridized carbons (Fsp3) is 0.143. The molecule has 8 heteroatoms. The Kier molecular flexibility index (Phi) is 5.02. The van der Waals surface area contributed by atoms with Gasteiger partial charge in [0, 0.05) is 5.02 Å². The van der Waals surface area contributed by atoms with Gasteiger partial charge in [0.1, 0.15) is 6.04 Å². The molecule has 0 saturated carbocycles. The molecule has 0 aromatic heterocycles. The first kappa shape index (κ1) is 19.4. The van der Waals surface area contributed by atoms with Gasteiger partial charge in [-0.3, -0.25) is 24.1 Å². The number of carbonyl (C=O) groups is 4. The average molecular weight is 427 g/mol. The van der Waals surface area contributed by atoms with Gasteiger partial charge in [0.2, 0.25) is 5.91 Å². The van der Waals surface area contributed by atoms with Crippen LogP contribution in [0.5, 0.6) is 0 Å². The third kappa shape index (κ3) is 3.59. The summed E-state index contributed by atoms with van der Waals surface area (Å²) in [5.74, 6) is -1.59. The van der Waals surface area contributed by atoms with Gasteiger partial charge >= 0.3 is 0 Å². The zero-order valence-electron chi connectivity index (χ0n) is 15.3. The molecule has 0 bridgehead atoms. The van der Waals surface area contributed by atoms with E-state index in [0.29, 0.717) is 16.3 Å². The van der Waals surface area contributed by atoms with E-state index >= 15 is 0 Å². The summed E-state index contributed by atoms with van der Waals surface area (Å²) in [7, 11) is 0. The highest BCUT2D eigenvalue weighted by Gasteiger charge is 2.50. The minimum atomic E-state index is -1.13. The number of imide groups is 2. The number of aryl methyl sites for hydroxylation is 1. The maximum absolute atomic E-state index is 12.9. The zero-order valence-corrected chi connectivity index (χ0v) is 16.9. The van der Waals surface area contributed by atoms with Crippen molar-refractivity contribution in [1.82, 2.24) is 4.90 Å². The van der Waals surface area contributed by atoms with Crippen LogP contribution < -0.4 is 4.90 Å². The molecule has 4 amide bonds. The quantitative estimate of drug-likeness (QED) is 0.547. The largest absolute Gasteiger partial charge is 0.294 e. The normalized spacial score (nSPS) is 21.0. The highest BCUT2D eigenvalue weighted by molar-refractivity contribution is 8.18. The second-order valence-corrected chi connectivity index (χ2v) is 8.16. The first-order chi connectivity index (χ1) is 13.8. The summed E-state index contributed by atoms with van der Waals surface area (Å²) in [5.41, 5.74) is 2.12. The van der Waals surface area contributed by atoms with E-state index in [1.807, 2.05) is 6.92 Å². The van der Waals surface area contributed by atoms with Gasteiger partial charge in [0.25, 0.3) is 17.1 Å². The molecule has 2 aliphatic heterocycles. The second kappa shape index (κ2) is 7.50. The number of hydrogen-bond donors (Lipinski definition) is 0. The average Bonchev–Trinajstić information content (AvgIpc) is 3.12. The minimum Gasteiger partial charge on any atom is -0.274 e. The predicted octanol–water partition coefficient (Wildman–Crippen LogP) is 4.02. The van der Waals surface area contributed by atoms with Crippen LogP contribution in [0, 0.1) is 6.92 Å². The number of anilines is 1. The van der Waals surface area contributed by atoms with Crippen LogP contribution in [0.2, 0.25) is 5.02 Å². The third-order valence-electron chi connectivity index (χ3n) is 4.72. The predicted molar refractivity (Wildman–Crippen MR) is 111 cm³/mol. The number of rotatable bonds is 3.